The van der Waals surface area contributed by atoms with Gasteiger partial charge in [-0.15, -0.1) is 0 Å². The molecule has 2 nitrogen and oxygen atoms in total. The Labute approximate surface area is 112 Å². The van der Waals surface area contributed by atoms with Gasteiger partial charge in [0.15, 0.2) is 0 Å². The molecule has 5 unspecified atom stereocenters. The van der Waals surface area contributed by atoms with Gasteiger partial charge >= 0.3 is 0 Å². The SMILES string of the molecule is CCCC1CCCCN1CC1C2CCC(C2)C1N. The van der Waals surface area contributed by atoms with Crippen molar-refractivity contribution in [3.8, 4) is 0 Å². The lowest BCUT2D eigenvalue weighted by molar-refractivity contribution is 0.0949. The van der Waals surface area contributed by atoms with Crippen molar-refractivity contribution in [2.75, 3.05) is 13.1 Å². The van der Waals surface area contributed by atoms with E-state index in [0.29, 0.717) is 6.04 Å². The number of nitrogens with zero attached hydrogens (tertiary/aromatic N) is 1. The van der Waals surface area contributed by atoms with Gasteiger partial charge in [-0.1, -0.05) is 19.8 Å². The first-order chi connectivity index (χ1) is 8.79. The van der Waals surface area contributed by atoms with Crippen molar-refractivity contribution in [1.82, 2.24) is 4.90 Å². The number of rotatable bonds is 4. The van der Waals surface area contributed by atoms with Crippen molar-refractivity contribution in [2.45, 2.75) is 70.4 Å². The summed E-state index contributed by atoms with van der Waals surface area (Å²) in [6, 6.07) is 1.39. The predicted molar refractivity (Wildman–Crippen MR) is 76.4 cm³/mol. The largest absolute Gasteiger partial charge is 0.327 e. The van der Waals surface area contributed by atoms with Gasteiger partial charge in [-0.2, -0.15) is 0 Å². The van der Waals surface area contributed by atoms with E-state index in [1.54, 1.807) is 0 Å². The maximum Gasteiger partial charge on any atom is 0.0111 e. The molecule has 3 aliphatic rings. The average Bonchev–Trinajstić information content (AvgIpc) is 2.95. The Kier molecular flexibility index (Phi) is 3.95. The average molecular weight is 250 g/mol. The number of hydrogen-bond donors (Lipinski definition) is 1. The van der Waals surface area contributed by atoms with Gasteiger partial charge in [0, 0.05) is 18.6 Å². The normalized spacial score (nSPS) is 44.7. The Balaban J connectivity index is 1.60. The number of piperidine rings is 1. The van der Waals surface area contributed by atoms with Crippen molar-refractivity contribution in [3.05, 3.63) is 0 Å². The molecular weight excluding hydrogens is 220 g/mol. The van der Waals surface area contributed by atoms with Crippen LogP contribution in [-0.2, 0) is 0 Å². The first kappa shape index (κ1) is 12.9. The van der Waals surface area contributed by atoms with E-state index in [4.69, 9.17) is 5.73 Å². The van der Waals surface area contributed by atoms with Crippen molar-refractivity contribution in [2.24, 2.45) is 23.5 Å². The zero-order valence-electron chi connectivity index (χ0n) is 12.0. The first-order valence-corrected chi connectivity index (χ1v) is 8.29. The number of nitrogens with two attached hydrogens (primary N) is 1. The third-order valence-electron chi connectivity index (χ3n) is 5.97. The van der Waals surface area contributed by atoms with Crippen LogP contribution in [0.3, 0.4) is 0 Å². The zero-order chi connectivity index (χ0) is 12.5. The van der Waals surface area contributed by atoms with Crippen LogP contribution in [-0.4, -0.2) is 30.1 Å². The molecule has 0 aromatic heterocycles. The highest BCUT2D eigenvalue weighted by molar-refractivity contribution is 5.00. The van der Waals surface area contributed by atoms with Crippen LogP contribution in [0, 0.1) is 17.8 Å². The van der Waals surface area contributed by atoms with E-state index >= 15 is 0 Å². The van der Waals surface area contributed by atoms with Gasteiger partial charge in [0.05, 0.1) is 0 Å². The van der Waals surface area contributed by atoms with Crippen LogP contribution in [0.2, 0.25) is 0 Å². The minimum Gasteiger partial charge on any atom is -0.327 e. The summed E-state index contributed by atoms with van der Waals surface area (Å²) < 4.78 is 0. The summed E-state index contributed by atoms with van der Waals surface area (Å²) in [5, 5.41) is 0. The molecule has 0 radical (unpaired) electrons. The molecule has 1 saturated heterocycles. The molecule has 0 aromatic rings. The second-order valence-corrected chi connectivity index (χ2v) is 7.01. The first-order valence-electron chi connectivity index (χ1n) is 8.29. The highest BCUT2D eigenvalue weighted by Crippen LogP contribution is 2.48. The molecule has 104 valence electrons. The summed E-state index contributed by atoms with van der Waals surface area (Å²) in [4.78, 5) is 2.80. The molecule has 18 heavy (non-hydrogen) atoms. The lowest BCUT2D eigenvalue weighted by Crippen LogP contribution is -2.47. The fourth-order valence-corrected chi connectivity index (χ4v) is 4.96. The quantitative estimate of drug-likeness (QED) is 0.831. The van der Waals surface area contributed by atoms with Gasteiger partial charge in [-0.3, -0.25) is 0 Å². The van der Waals surface area contributed by atoms with Gasteiger partial charge in [-0.25, -0.2) is 0 Å². The van der Waals surface area contributed by atoms with Crippen molar-refractivity contribution >= 4 is 0 Å². The van der Waals surface area contributed by atoms with E-state index in [-0.39, 0.29) is 0 Å². The summed E-state index contributed by atoms with van der Waals surface area (Å²) >= 11 is 0. The molecule has 2 heteroatoms. The van der Waals surface area contributed by atoms with Crippen molar-refractivity contribution in [1.29, 1.82) is 0 Å². The maximum atomic E-state index is 6.47. The fraction of sp³-hybridized carbons (Fsp3) is 1.00. The molecule has 3 rings (SSSR count). The summed E-state index contributed by atoms with van der Waals surface area (Å²) in [5.41, 5.74) is 6.47. The van der Waals surface area contributed by atoms with Crippen molar-refractivity contribution in [3.63, 3.8) is 0 Å². The Morgan fingerprint density at radius 2 is 1.94 bits per heavy atom. The molecule has 0 amide bonds. The lowest BCUT2D eigenvalue weighted by atomic mass is 9.83. The molecule has 3 fully saturated rings. The Morgan fingerprint density at radius 3 is 2.67 bits per heavy atom. The summed E-state index contributed by atoms with van der Waals surface area (Å²) in [5.74, 6) is 2.66. The lowest BCUT2D eigenvalue weighted by Gasteiger charge is -2.40. The molecule has 2 aliphatic carbocycles. The molecule has 2 bridgehead atoms. The van der Waals surface area contributed by atoms with Gasteiger partial charge < -0.3 is 10.6 Å². The summed E-state index contributed by atoms with van der Waals surface area (Å²) in [7, 11) is 0. The topological polar surface area (TPSA) is 29.3 Å². The maximum absolute atomic E-state index is 6.47. The van der Waals surface area contributed by atoms with E-state index in [1.165, 1.54) is 64.5 Å². The Bertz CT molecular complexity index is 274. The molecule has 0 spiro atoms. The van der Waals surface area contributed by atoms with Gasteiger partial charge in [-0.05, 0) is 62.8 Å². The standard InChI is InChI=1S/C16H30N2/c1-2-5-14-6-3-4-9-18(14)11-15-12-7-8-13(10-12)16(15)17/h12-16H,2-11,17H2,1H3. The molecule has 1 aliphatic heterocycles. The minimum atomic E-state index is 0.521. The molecule has 2 saturated carbocycles. The van der Waals surface area contributed by atoms with Crippen LogP contribution in [0.5, 0.6) is 0 Å². The highest BCUT2D eigenvalue weighted by Gasteiger charge is 2.46. The number of fused-ring (bicyclic) bond motifs is 2. The molecular formula is C16H30N2. The number of likely N-dealkylation sites (tertiary alicyclic amines) is 1. The van der Waals surface area contributed by atoms with Crippen LogP contribution < -0.4 is 5.73 Å². The summed E-state index contributed by atoms with van der Waals surface area (Å²) in [6.45, 7) is 4.98. The minimum absolute atomic E-state index is 0.521. The van der Waals surface area contributed by atoms with Crippen LogP contribution in [0.15, 0.2) is 0 Å². The van der Waals surface area contributed by atoms with Gasteiger partial charge in [0.25, 0.3) is 0 Å². The Hall–Kier alpha value is -0.0800. The van der Waals surface area contributed by atoms with Gasteiger partial charge in [0.1, 0.15) is 0 Å². The van der Waals surface area contributed by atoms with E-state index in [9.17, 15) is 0 Å². The molecule has 0 aromatic carbocycles. The van der Waals surface area contributed by atoms with Crippen LogP contribution in [0.25, 0.3) is 0 Å². The highest BCUT2D eigenvalue weighted by atomic mass is 15.2. The van der Waals surface area contributed by atoms with E-state index in [1.807, 2.05) is 0 Å². The smallest absolute Gasteiger partial charge is 0.0111 e. The third-order valence-corrected chi connectivity index (χ3v) is 5.97. The zero-order valence-corrected chi connectivity index (χ0v) is 12.0. The van der Waals surface area contributed by atoms with E-state index in [2.05, 4.69) is 11.8 Å². The van der Waals surface area contributed by atoms with Crippen LogP contribution >= 0.6 is 0 Å². The second kappa shape index (κ2) is 5.50. The second-order valence-electron chi connectivity index (χ2n) is 7.01. The number of hydrogen-bond acceptors (Lipinski definition) is 2. The third kappa shape index (κ3) is 2.34. The predicted octanol–water partition coefficient (Wildman–Crippen LogP) is 3.01. The van der Waals surface area contributed by atoms with E-state index < -0.39 is 0 Å². The fourth-order valence-electron chi connectivity index (χ4n) is 4.96. The Morgan fingerprint density at radius 1 is 1.11 bits per heavy atom. The van der Waals surface area contributed by atoms with Crippen LogP contribution in [0.4, 0.5) is 0 Å². The van der Waals surface area contributed by atoms with Crippen molar-refractivity contribution < 1.29 is 0 Å². The monoisotopic (exact) mass is 250 g/mol. The summed E-state index contributed by atoms with van der Waals surface area (Å²) in [6.07, 6.45) is 11.4. The van der Waals surface area contributed by atoms with Gasteiger partial charge in [0.2, 0.25) is 0 Å². The molecule has 1 heterocycles. The molecule has 2 N–H and O–H groups in total. The van der Waals surface area contributed by atoms with Crippen LogP contribution in [0.1, 0.15) is 58.3 Å². The molecule has 5 atom stereocenters. The van der Waals surface area contributed by atoms with E-state index in [0.717, 1.165) is 23.8 Å².